The van der Waals surface area contributed by atoms with Crippen molar-refractivity contribution < 1.29 is 23.1 Å². The number of hydrogen-bond acceptors (Lipinski definition) is 4. The fraction of sp³-hybridized carbons (Fsp3) is 0.619. The molecule has 0 bridgehead atoms. The zero-order valence-corrected chi connectivity index (χ0v) is 16.7. The second-order valence-corrected chi connectivity index (χ2v) is 8.26. The van der Waals surface area contributed by atoms with Crippen LogP contribution >= 0.6 is 0 Å². The Morgan fingerprint density at radius 1 is 1.07 bits per heavy atom. The van der Waals surface area contributed by atoms with Crippen LogP contribution in [-0.2, 0) is 9.53 Å². The van der Waals surface area contributed by atoms with Crippen LogP contribution in [0.25, 0.3) is 0 Å². The summed E-state index contributed by atoms with van der Waals surface area (Å²) >= 11 is 0. The number of rotatable bonds is 2. The van der Waals surface area contributed by atoms with E-state index in [2.05, 4.69) is 4.90 Å². The third-order valence-corrected chi connectivity index (χ3v) is 6.38. The fourth-order valence-corrected chi connectivity index (χ4v) is 4.69. The van der Waals surface area contributed by atoms with Crippen molar-refractivity contribution in [3.05, 3.63) is 35.4 Å². The van der Waals surface area contributed by atoms with E-state index in [-0.39, 0.29) is 18.1 Å². The van der Waals surface area contributed by atoms with Crippen LogP contribution in [0.4, 0.5) is 8.78 Å². The molecule has 1 aliphatic carbocycles. The summed E-state index contributed by atoms with van der Waals surface area (Å²) in [5, 5.41) is 0. The van der Waals surface area contributed by atoms with Crippen molar-refractivity contribution in [2.45, 2.75) is 43.9 Å². The molecular formula is C21H27F2N3O3. The number of hydrogen-bond donors (Lipinski definition) is 0. The molecule has 2 saturated heterocycles. The van der Waals surface area contributed by atoms with E-state index in [0.29, 0.717) is 32.0 Å². The number of halogens is 2. The smallest absolute Gasteiger partial charge is 0.259 e. The summed E-state index contributed by atoms with van der Waals surface area (Å²) in [7, 11) is 2.00. The number of benzene rings is 1. The van der Waals surface area contributed by atoms with E-state index in [1.165, 1.54) is 4.90 Å². The zero-order valence-electron chi connectivity index (χ0n) is 16.7. The molecule has 2 aliphatic heterocycles. The number of carbonyl (C=O) groups is 2. The minimum atomic E-state index is -0.918. The van der Waals surface area contributed by atoms with Gasteiger partial charge in [-0.05, 0) is 44.9 Å². The highest BCUT2D eigenvalue weighted by atomic mass is 19.1. The minimum absolute atomic E-state index is 0.111. The van der Waals surface area contributed by atoms with E-state index >= 15 is 0 Å². The fourth-order valence-electron chi connectivity index (χ4n) is 4.69. The van der Waals surface area contributed by atoms with Crippen LogP contribution in [-0.4, -0.2) is 78.1 Å². The molecular weight excluding hydrogens is 380 g/mol. The van der Waals surface area contributed by atoms with E-state index in [1.54, 1.807) is 4.90 Å². The molecule has 1 atom stereocenters. The monoisotopic (exact) mass is 407 g/mol. The summed E-state index contributed by atoms with van der Waals surface area (Å²) in [4.78, 5) is 32.1. The van der Waals surface area contributed by atoms with Crippen LogP contribution in [0.2, 0.25) is 0 Å². The number of carbonyl (C=O) groups excluding carboxylic acids is 2. The second-order valence-electron chi connectivity index (χ2n) is 8.26. The Balaban J connectivity index is 1.65. The van der Waals surface area contributed by atoms with Gasteiger partial charge in [0.15, 0.2) is 0 Å². The van der Waals surface area contributed by atoms with Gasteiger partial charge in [0.1, 0.15) is 23.4 Å². The number of piperazine rings is 1. The molecule has 2 heterocycles. The molecule has 158 valence electrons. The Labute approximate surface area is 169 Å². The zero-order chi connectivity index (χ0) is 20.6. The standard InChI is InChI=1S/C21H27F2N3O3/c1-24-9-11-25(12-10-24)20(28)18-14-29-21(7-3-2-4-8-21)26(18)19(27)16-6-5-15(22)13-17(16)23/h5-6,13,18H,2-4,7-12,14H2,1H3/t18-/m1/s1. The first-order chi connectivity index (χ1) is 13.9. The summed E-state index contributed by atoms with van der Waals surface area (Å²) in [5.41, 5.74) is -1.11. The van der Waals surface area contributed by atoms with Gasteiger partial charge in [-0.2, -0.15) is 0 Å². The lowest BCUT2D eigenvalue weighted by atomic mass is 9.89. The molecule has 3 fully saturated rings. The van der Waals surface area contributed by atoms with E-state index in [0.717, 1.165) is 44.5 Å². The lowest BCUT2D eigenvalue weighted by Crippen LogP contribution is -2.59. The van der Waals surface area contributed by atoms with Gasteiger partial charge >= 0.3 is 0 Å². The molecule has 1 aromatic carbocycles. The maximum absolute atomic E-state index is 14.4. The predicted molar refractivity (Wildman–Crippen MR) is 102 cm³/mol. The SMILES string of the molecule is CN1CCN(C(=O)[C@H]2COC3(CCCCC3)N2C(=O)c2ccc(F)cc2F)CC1. The lowest BCUT2D eigenvalue weighted by molar-refractivity contribution is -0.138. The maximum atomic E-state index is 14.4. The topological polar surface area (TPSA) is 53.1 Å². The molecule has 0 aromatic heterocycles. The third kappa shape index (κ3) is 3.75. The highest BCUT2D eigenvalue weighted by Gasteiger charge is 2.54. The van der Waals surface area contributed by atoms with Gasteiger partial charge in [-0.1, -0.05) is 6.42 Å². The summed E-state index contributed by atoms with van der Waals surface area (Å²) in [5.74, 6) is -2.42. The Kier molecular flexibility index (Phi) is 5.57. The molecule has 29 heavy (non-hydrogen) atoms. The summed E-state index contributed by atoms with van der Waals surface area (Å²) in [6, 6.07) is 2.14. The first kappa shape index (κ1) is 20.2. The van der Waals surface area contributed by atoms with Gasteiger partial charge in [0.2, 0.25) is 5.91 Å². The van der Waals surface area contributed by atoms with E-state index in [1.807, 2.05) is 7.05 Å². The molecule has 0 radical (unpaired) electrons. The minimum Gasteiger partial charge on any atom is -0.353 e. The van der Waals surface area contributed by atoms with Gasteiger partial charge in [-0.3, -0.25) is 14.5 Å². The van der Waals surface area contributed by atoms with Gasteiger partial charge in [0, 0.05) is 32.2 Å². The maximum Gasteiger partial charge on any atom is 0.259 e. The number of ether oxygens (including phenoxy) is 1. The van der Waals surface area contributed by atoms with Crippen LogP contribution in [0.1, 0.15) is 42.5 Å². The van der Waals surface area contributed by atoms with Gasteiger partial charge in [0.05, 0.1) is 12.2 Å². The Bertz CT molecular complexity index is 789. The summed E-state index contributed by atoms with van der Waals surface area (Å²) in [6.07, 6.45) is 4.04. The van der Waals surface area contributed by atoms with E-state index < -0.39 is 29.3 Å². The van der Waals surface area contributed by atoms with Crippen LogP contribution in [0.5, 0.6) is 0 Å². The molecule has 1 saturated carbocycles. The number of likely N-dealkylation sites (N-methyl/N-ethyl adjacent to an activating group) is 1. The molecule has 2 amide bonds. The van der Waals surface area contributed by atoms with Crippen LogP contribution in [0.3, 0.4) is 0 Å². The van der Waals surface area contributed by atoms with Crippen molar-refractivity contribution in [3.63, 3.8) is 0 Å². The quantitative estimate of drug-likeness (QED) is 0.755. The molecule has 6 nitrogen and oxygen atoms in total. The lowest BCUT2D eigenvalue weighted by Gasteiger charge is -2.42. The first-order valence-corrected chi connectivity index (χ1v) is 10.3. The van der Waals surface area contributed by atoms with Crippen molar-refractivity contribution >= 4 is 11.8 Å². The van der Waals surface area contributed by atoms with Crippen molar-refractivity contribution in [2.24, 2.45) is 0 Å². The molecule has 1 spiro atoms. The van der Waals surface area contributed by atoms with Gasteiger partial charge in [0.25, 0.3) is 5.91 Å². The highest BCUT2D eigenvalue weighted by molar-refractivity contribution is 5.98. The Hall–Kier alpha value is -2.06. The average molecular weight is 407 g/mol. The largest absolute Gasteiger partial charge is 0.353 e. The van der Waals surface area contributed by atoms with Crippen molar-refractivity contribution in [3.8, 4) is 0 Å². The van der Waals surface area contributed by atoms with Gasteiger partial charge in [-0.25, -0.2) is 8.78 Å². The highest BCUT2D eigenvalue weighted by Crippen LogP contribution is 2.42. The average Bonchev–Trinajstić information content (AvgIpc) is 3.06. The second kappa shape index (κ2) is 7.99. The molecule has 3 aliphatic rings. The van der Waals surface area contributed by atoms with Crippen LogP contribution < -0.4 is 0 Å². The van der Waals surface area contributed by atoms with Crippen LogP contribution in [0, 0.1) is 11.6 Å². The normalized spacial score (nSPS) is 24.9. The summed E-state index contributed by atoms with van der Waals surface area (Å²) in [6.45, 7) is 2.83. The van der Waals surface area contributed by atoms with Crippen molar-refractivity contribution in [1.82, 2.24) is 14.7 Å². The molecule has 0 N–H and O–H groups in total. The van der Waals surface area contributed by atoms with Crippen molar-refractivity contribution in [2.75, 3.05) is 39.8 Å². The third-order valence-electron chi connectivity index (χ3n) is 6.38. The molecule has 4 rings (SSSR count). The van der Waals surface area contributed by atoms with Gasteiger partial charge < -0.3 is 14.5 Å². The van der Waals surface area contributed by atoms with E-state index in [9.17, 15) is 18.4 Å². The predicted octanol–water partition coefficient (Wildman–Crippen LogP) is 2.24. The van der Waals surface area contributed by atoms with Crippen LogP contribution in [0.15, 0.2) is 18.2 Å². The number of nitrogens with zero attached hydrogens (tertiary/aromatic N) is 3. The summed E-state index contributed by atoms with van der Waals surface area (Å²) < 4.78 is 33.9. The Morgan fingerprint density at radius 3 is 2.41 bits per heavy atom. The molecule has 0 unspecified atom stereocenters. The van der Waals surface area contributed by atoms with Crippen molar-refractivity contribution in [1.29, 1.82) is 0 Å². The first-order valence-electron chi connectivity index (χ1n) is 10.3. The Morgan fingerprint density at radius 2 is 1.76 bits per heavy atom. The van der Waals surface area contributed by atoms with E-state index in [4.69, 9.17) is 4.74 Å². The molecule has 1 aromatic rings. The number of amides is 2. The molecule has 8 heteroatoms. The van der Waals surface area contributed by atoms with Gasteiger partial charge in [-0.15, -0.1) is 0 Å².